The highest BCUT2D eigenvalue weighted by Gasteiger charge is 2.41. The molecule has 2 unspecified atom stereocenters. The summed E-state index contributed by atoms with van der Waals surface area (Å²) in [6.45, 7) is 2.08. The predicted octanol–water partition coefficient (Wildman–Crippen LogP) is 4.46. The van der Waals surface area contributed by atoms with Crippen molar-refractivity contribution in [3.05, 3.63) is 35.4 Å². The molecule has 106 valence electrons. The fourth-order valence-corrected chi connectivity index (χ4v) is 3.18. The lowest BCUT2D eigenvalue weighted by atomic mass is 9.70. The van der Waals surface area contributed by atoms with Crippen molar-refractivity contribution in [3.8, 4) is 0 Å². The fraction of sp³-hybridized carbons (Fsp3) is 0.600. The van der Waals surface area contributed by atoms with E-state index in [1.165, 1.54) is 6.07 Å². The summed E-state index contributed by atoms with van der Waals surface area (Å²) in [6, 6.07) is 5.75. The number of rotatable bonds is 2. The van der Waals surface area contributed by atoms with Gasteiger partial charge in [0.05, 0.1) is 5.56 Å². The second-order valence-electron chi connectivity index (χ2n) is 5.57. The maximum Gasteiger partial charge on any atom is 0.416 e. The minimum Gasteiger partial charge on any atom is -0.321 e. The van der Waals surface area contributed by atoms with Crippen molar-refractivity contribution >= 4 is 0 Å². The van der Waals surface area contributed by atoms with Gasteiger partial charge in [-0.25, -0.2) is 0 Å². The topological polar surface area (TPSA) is 26.0 Å². The maximum atomic E-state index is 13.1. The van der Waals surface area contributed by atoms with Gasteiger partial charge in [-0.05, 0) is 30.4 Å². The van der Waals surface area contributed by atoms with Crippen LogP contribution in [-0.4, -0.2) is 0 Å². The van der Waals surface area contributed by atoms with E-state index in [0.29, 0.717) is 18.8 Å². The average Bonchev–Trinajstić information content (AvgIpc) is 2.38. The van der Waals surface area contributed by atoms with Crippen LogP contribution in [-0.2, 0) is 11.7 Å². The second-order valence-corrected chi connectivity index (χ2v) is 5.57. The summed E-state index contributed by atoms with van der Waals surface area (Å²) in [5.74, 6) is 0.431. The van der Waals surface area contributed by atoms with Crippen LogP contribution in [0.1, 0.15) is 50.2 Å². The monoisotopic (exact) mass is 271 g/mol. The van der Waals surface area contributed by atoms with E-state index >= 15 is 0 Å². The van der Waals surface area contributed by atoms with Crippen molar-refractivity contribution in [3.63, 3.8) is 0 Å². The Labute approximate surface area is 112 Å². The molecule has 0 radical (unpaired) electrons. The third kappa shape index (κ3) is 2.94. The van der Waals surface area contributed by atoms with Gasteiger partial charge in [-0.2, -0.15) is 13.2 Å². The number of halogens is 3. The molecule has 4 heteroatoms. The molecular weight excluding hydrogens is 251 g/mol. The maximum absolute atomic E-state index is 13.1. The minimum atomic E-state index is -4.33. The van der Waals surface area contributed by atoms with Crippen LogP contribution in [0.5, 0.6) is 0 Å². The first-order valence-electron chi connectivity index (χ1n) is 6.82. The van der Waals surface area contributed by atoms with Crippen molar-refractivity contribution in [1.29, 1.82) is 0 Å². The van der Waals surface area contributed by atoms with Gasteiger partial charge in [0.25, 0.3) is 0 Å². The molecule has 2 N–H and O–H groups in total. The molecule has 1 aliphatic carbocycles. The van der Waals surface area contributed by atoms with Crippen LogP contribution in [0.15, 0.2) is 24.3 Å². The SMILES string of the molecule is CCC1CCCC(N)(c2ccccc2C(F)(F)F)C1. The highest BCUT2D eigenvalue weighted by molar-refractivity contribution is 5.36. The Morgan fingerprint density at radius 1 is 1.32 bits per heavy atom. The molecule has 1 fully saturated rings. The molecule has 0 spiro atoms. The lowest BCUT2D eigenvalue weighted by molar-refractivity contribution is -0.139. The van der Waals surface area contributed by atoms with Crippen molar-refractivity contribution in [1.82, 2.24) is 0 Å². The number of nitrogens with two attached hydrogens (primary N) is 1. The number of hydrogen-bond acceptors (Lipinski definition) is 1. The van der Waals surface area contributed by atoms with E-state index in [-0.39, 0.29) is 5.56 Å². The summed E-state index contributed by atoms with van der Waals surface area (Å²) in [6.07, 6.45) is -0.0900. The number of hydrogen-bond donors (Lipinski definition) is 1. The molecule has 1 nitrogen and oxygen atoms in total. The van der Waals surface area contributed by atoms with Crippen LogP contribution in [0.3, 0.4) is 0 Å². The molecule has 0 saturated heterocycles. The summed E-state index contributed by atoms with van der Waals surface area (Å²) < 4.78 is 39.3. The molecule has 1 saturated carbocycles. The van der Waals surface area contributed by atoms with Gasteiger partial charge in [0.1, 0.15) is 0 Å². The van der Waals surface area contributed by atoms with Crippen LogP contribution < -0.4 is 5.73 Å². The summed E-state index contributed by atoms with van der Waals surface area (Å²) >= 11 is 0. The molecule has 2 rings (SSSR count). The molecule has 0 bridgehead atoms. The summed E-state index contributed by atoms with van der Waals surface area (Å²) in [5, 5.41) is 0. The molecule has 0 heterocycles. The van der Waals surface area contributed by atoms with E-state index in [4.69, 9.17) is 5.73 Å². The molecule has 1 aromatic carbocycles. The van der Waals surface area contributed by atoms with Crippen molar-refractivity contribution in [2.24, 2.45) is 11.7 Å². The van der Waals surface area contributed by atoms with Crippen LogP contribution in [0.25, 0.3) is 0 Å². The Bertz CT molecular complexity index is 441. The highest BCUT2D eigenvalue weighted by Crippen LogP contribution is 2.43. The second kappa shape index (κ2) is 5.16. The Balaban J connectivity index is 2.40. The molecule has 19 heavy (non-hydrogen) atoms. The zero-order valence-corrected chi connectivity index (χ0v) is 11.1. The zero-order valence-electron chi connectivity index (χ0n) is 11.1. The van der Waals surface area contributed by atoms with E-state index in [0.717, 1.165) is 25.3 Å². The Morgan fingerprint density at radius 2 is 2.00 bits per heavy atom. The smallest absolute Gasteiger partial charge is 0.321 e. The Morgan fingerprint density at radius 3 is 2.63 bits per heavy atom. The van der Waals surface area contributed by atoms with Gasteiger partial charge >= 0.3 is 6.18 Å². The summed E-state index contributed by atoms with van der Waals surface area (Å²) in [7, 11) is 0. The van der Waals surface area contributed by atoms with Crippen molar-refractivity contribution < 1.29 is 13.2 Å². The quantitative estimate of drug-likeness (QED) is 0.844. The zero-order chi connectivity index (χ0) is 14.1. The predicted molar refractivity (Wildman–Crippen MR) is 69.6 cm³/mol. The van der Waals surface area contributed by atoms with Gasteiger partial charge in [0.15, 0.2) is 0 Å². The molecule has 0 amide bonds. The summed E-state index contributed by atoms with van der Waals surface area (Å²) in [4.78, 5) is 0. The van der Waals surface area contributed by atoms with E-state index in [1.54, 1.807) is 12.1 Å². The lowest BCUT2D eigenvalue weighted by Gasteiger charge is -2.39. The van der Waals surface area contributed by atoms with Crippen LogP contribution in [0.2, 0.25) is 0 Å². The first-order chi connectivity index (χ1) is 8.87. The summed E-state index contributed by atoms with van der Waals surface area (Å²) in [5.41, 5.74) is 5.21. The standard InChI is InChI=1S/C15H20F3N/c1-2-11-6-5-9-14(19,10-11)12-7-3-4-8-13(12)15(16,17)18/h3-4,7-8,11H,2,5-6,9-10,19H2,1H3. The third-order valence-electron chi connectivity index (χ3n) is 4.23. The van der Waals surface area contributed by atoms with Gasteiger partial charge < -0.3 is 5.73 Å². The van der Waals surface area contributed by atoms with Gasteiger partial charge in [-0.3, -0.25) is 0 Å². The van der Waals surface area contributed by atoms with Crippen molar-refractivity contribution in [2.75, 3.05) is 0 Å². The average molecular weight is 271 g/mol. The highest BCUT2D eigenvalue weighted by atomic mass is 19.4. The van der Waals surface area contributed by atoms with Gasteiger partial charge in [-0.1, -0.05) is 44.4 Å². The minimum absolute atomic E-state index is 0.264. The fourth-order valence-electron chi connectivity index (χ4n) is 3.18. The normalized spacial score (nSPS) is 28.4. The van der Waals surface area contributed by atoms with Gasteiger partial charge in [-0.15, -0.1) is 0 Å². The van der Waals surface area contributed by atoms with E-state index in [2.05, 4.69) is 6.92 Å². The van der Waals surface area contributed by atoms with Crippen LogP contribution in [0, 0.1) is 5.92 Å². The number of alkyl halides is 3. The van der Waals surface area contributed by atoms with Crippen molar-refractivity contribution in [2.45, 2.75) is 50.7 Å². The largest absolute Gasteiger partial charge is 0.416 e. The number of benzene rings is 1. The molecule has 1 aromatic rings. The lowest BCUT2D eigenvalue weighted by Crippen LogP contribution is -2.42. The van der Waals surface area contributed by atoms with Crippen LogP contribution in [0.4, 0.5) is 13.2 Å². The molecular formula is C15H20F3N. The van der Waals surface area contributed by atoms with Gasteiger partial charge in [0, 0.05) is 5.54 Å². The van der Waals surface area contributed by atoms with Crippen LogP contribution >= 0.6 is 0 Å². The van der Waals surface area contributed by atoms with E-state index in [9.17, 15) is 13.2 Å². The first-order valence-corrected chi connectivity index (χ1v) is 6.82. The Hall–Kier alpha value is -1.03. The van der Waals surface area contributed by atoms with E-state index < -0.39 is 17.3 Å². The van der Waals surface area contributed by atoms with Gasteiger partial charge in [0.2, 0.25) is 0 Å². The molecule has 0 aromatic heterocycles. The molecule has 1 aliphatic rings. The third-order valence-corrected chi connectivity index (χ3v) is 4.23. The first kappa shape index (κ1) is 14.4. The Kier molecular flexibility index (Phi) is 3.90. The molecule has 0 aliphatic heterocycles. The molecule has 2 atom stereocenters. The van der Waals surface area contributed by atoms with E-state index in [1.807, 2.05) is 0 Å².